The average molecular weight is 264 g/mol. The van der Waals surface area contributed by atoms with Crippen LogP contribution in [-0.2, 0) is 4.74 Å². The summed E-state index contributed by atoms with van der Waals surface area (Å²) >= 11 is 0. The number of hydrogen-bond donors (Lipinski definition) is 2. The fourth-order valence-corrected chi connectivity index (χ4v) is 1.98. The van der Waals surface area contributed by atoms with Gasteiger partial charge in [-0.05, 0) is 18.6 Å². The van der Waals surface area contributed by atoms with E-state index >= 15 is 0 Å². The van der Waals surface area contributed by atoms with Crippen molar-refractivity contribution in [2.75, 3.05) is 25.9 Å². The summed E-state index contributed by atoms with van der Waals surface area (Å²) in [6, 6.07) is 3.16. The largest absolute Gasteiger partial charge is 0.453 e. The third-order valence-electron chi connectivity index (χ3n) is 2.99. The van der Waals surface area contributed by atoms with Crippen LogP contribution in [0.2, 0.25) is 0 Å². The molecule has 19 heavy (non-hydrogen) atoms. The first kappa shape index (κ1) is 13.1. The molecule has 1 atom stereocenters. The fourth-order valence-electron chi connectivity index (χ4n) is 1.98. The Morgan fingerprint density at radius 3 is 2.95 bits per heavy atom. The van der Waals surface area contributed by atoms with Gasteiger partial charge in [0.15, 0.2) is 0 Å². The molecule has 2 heterocycles. The highest BCUT2D eigenvalue weighted by molar-refractivity contribution is 5.92. The topological polar surface area (TPSA) is 97.5 Å². The first-order valence-corrected chi connectivity index (χ1v) is 5.95. The first-order chi connectivity index (χ1) is 9.10. The van der Waals surface area contributed by atoms with E-state index in [1.165, 1.54) is 13.3 Å². The summed E-state index contributed by atoms with van der Waals surface area (Å²) in [6.07, 6.45) is 1.67. The van der Waals surface area contributed by atoms with Crippen molar-refractivity contribution in [2.45, 2.75) is 12.5 Å². The molecule has 1 aromatic rings. The third kappa shape index (κ3) is 3.12. The number of methoxy groups -OCH3 is 1. The highest BCUT2D eigenvalue weighted by atomic mass is 16.5. The Morgan fingerprint density at radius 2 is 2.32 bits per heavy atom. The monoisotopic (exact) mass is 264 g/mol. The molecule has 0 aliphatic carbocycles. The minimum atomic E-state index is -0.482. The number of anilines is 1. The van der Waals surface area contributed by atoms with Crippen molar-refractivity contribution in [2.24, 2.45) is 0 Å². The molecule has 0 bridgehead atoms. The average Bonchev–Trinajstić information content (AvgIpc) is 2.87. The number of nitrogens with one attached hydrogen (secondary N) is 1. The Balaban J connectivity index is 1.95. The van der Waals surface area contributed by atoms with E-state index in [1.807, 2.05) is 0 Å². The smallest absolute Gasteiger partial charge is 0.407 e. The molecule has 1 saturated heterocycles. The van der Waals surface area contributed by atoms with Crippen LogP contribution in [-0.4, -0.2) is 48.1 Å². The van der Waals surface area contributed by atoms with E-state index in [0.29, 0.717) is 30.9 Å². The molecule has 7 nitrogen and oxygen atoms in total. The van der Waals surface area contributed by atoms with Crippen LogP contribution in [0, 0.1) is 0 Å². The van der Waals surface area contributed by atoms with Gasteiger partial charge < -0.3 is 20.7 Å². The molecule has 1 aliphatic heterocycles. The summed E-state index contributed by atoms with van der Waals surface area (Å²) in [5.41, 5.74) is 6.40. The van der Waals surface area contributed by atoms with Crippen LogP contribution in [0.4, 0.5) is 10.5 Å². The number of nitrogen functional groups attached to an aromatic ring is 1. The van der Waals surface area contributed by atoms with Gasteiger partial charge in [0.25, 0.3) is 5.91 Å². The number of hydrogen-bond acceptors (Lipinski definition) is 5. The molecule has 1 aromatic heterocycles. The second-order valence-corrected chi connectivity index (χ2v) is 4.35. The summed E-state index contributed by atoms with van der Waals surface area (Å²) in [5, 5.41) is 2.68. The molecular formula is C12H16N4O3. The van der Waals surface area contributed by atoms with Gasteiger partial charge in [0, 0.05) is 13.1 Å². The number of ether oxygens (including phenoxy) is 1. The molecule has 3 N–H and O–H groups in total. The number of likely N-dealkylation sites (tertiary alicyclic amines) is 1. The molecule has 1 aliphatic rings. The van der Waals surface area contributed by atoms with Crippen LogP contribution < -0.4 is 11.1 Å². The van der Waals surface area contributed by atoms with E-state index in [-0.39, 0.29) is 11.9 Å². The van der Waals surface area contributed by atoms with Crippen molar-refractivity contribution in [3.05, 3.63) is 24.0 Å². The molecule has 102 valence electrons. The van der Waals surface area contributed by atoms with Gasteiger partial charge in [0.2, 0.25) is 0 Å². The zero-order chi connectivity index (χ0) is 13.8. The lowest BCUT2D eigenvalue weighted by Crippen LogP contribution is -2.38. The SMILES string of the molecule is COC(=O)NC1CCN(C(=O)c2ccc(N)cn2)C1. The van der Waals surface area contributed by atoms with E-state index in [0.717, 1.165) is 0 Å². The van der Waals surface area contributed by atoms with Gasteiger partial charge in [-0.1, -0.05) is 0 Å². The zero-order valence-electron chi connectivity index (χ0n) is 10.6. The van der Waals surface area contributed by atoms with E-state index < -0.39 is 6.09 Å². The second kappa shape index (κ2) is 5.55. The Hall–Kier alpha value is -2.31. The number of alkyl carbamates (subject to hydrolysis) is 1. The molecule has 0 radical (unpaired) electrons. The lowest BCUT2D eigenvalue weighted by molar-refractivity contribution is 0.0782. The molecule has 7 heteroatoms. The molecule has 1 fully saturated rings. The molecular weight excluding hydrogens is 248 g/mol. The number of amides is 2. The van der Waals surface area contributed by atoms with Crippen molar-refractivity contribution in [3.63, 3.8) is 0 Å². The number of nitrogens with two attached hydrogens (primary N) is 1. The Labute approximate surface area is 110 Å². The second-order valence-electron chi connectivity index (χ2n) is 4.35. The van der Waals surface area contributed by atoms with Gasteiger partial charge in [0.05, 0.1) is 25.0 Å². The van der Waals surface area contributed by atoms with Crippen molar-refractivity contribution >= 4 is 17.7 Å². The lowest BCUT2D eigenvalue weighted by atomic mass is 10.3. The Morgan fingerprint density at radius 1 is 1.53 bits per heavy atom. The van der Waals surface area contributed by atoms with Crippen LogP contribution in [0.1, 0.15) is 16.9 Å². The molecule has 0 saturated carbocycles. The quantitative estimate of drug-likeness (QED) is 0.797. The van der Waals surface area contributed by atoms with Crippen molar-refractivity contribution in [1.82, 2.24) is 15.2 Å². The molecule has 0 spiro atoms. The van der Waals surface area contributed by atoms with Gasteiger partial charge in [0.1, 0.15) is 5.69 Å². The fraction of sp³-hybridized carbons (Fsp3) is 0.417. The van der Waals surface area contributed by atoms with E-state index in [4.69, 9.17) is 5.73 Å². The van der Waals surface area contributed by atoms with E-state index in [1.54, 1.807) is 17.0 Å². The minimum Gasteiger partial charge on any atom is -0.453 e. The summed E-state index contributed by atoms with van der Waals surface area (Å²) in [4.78, 5) is 28.9. The number of carbonyl (C=O) groups is 2. The highest BCUT2D eigenvalue weighted by Crippen LogP contribution is 2.13. The number of rotatable bonds is 2. The number of carbonyl (C=O) groups excluding carboxylic acids is 2. The van der Waals surface area contributed by atoms with Gasteiger partial charge in [-0.15, -0.1) is 0 Å². The molecule has 2 rings (SSSR count). The van der Waals surface area contributed by atoms with Crippen LogP contribution in [0.3, 0.4) is 0 Å². The Kier molecular flexibility index (Phi) is 3.84. The summed E-state index contributed by atoms with van der Waals surface area (Å²) < 4.78 is 4.53. The van der Waals surface area contributed by atoms with Gasteiger partial charge in [-0.2, -0.15) is 0 Å². The summed E-state index contributed by atoms with van der Waals surface area (Å²) in [6.45, 7) is 1.04. The van der Waals surface area contributed by atoms with Gasteiger partial charge >= 0.3 is 6.09 Å². The maximum absolute atomic E-state index is 12.1. The normalized spacial score (nSPS) is 18.2. The predicted molar refractivity (Wildman–Crippen MR) is 68.5 cm³/mol. The summed E-state index contributed by atoms with van der Waals surface area (Å²) in [7, 11) is 1.31. The third-order valence-corrected chi connectivity index (χ3v) is 2.99. The van der Waals surface area contributed by atoms with Gasteiger partial charge in [-0.3, -0.25) is 4.79 Å². The van der Waals surface area contributed by atoms with Crippen molar-refractivity contribution in [3.8, 4) is 0 Å². The molecule has 0 aromatic carbocycles. The molecule has 1 unspecified atom stereocenters. The van der Waals surface area contributed by atoms with Crippen molar-refractivity contribution in [1.29, 1.82) is 0 Å². The number of nitrogens with zero attached hydrogens (tertiary/aromatic N) is 2. The Bertz CT molecular complexity index is 474. The molecule has 2 amide bonds. The predicted octanol–water partition coefficient (Wildman–Crippen LogP) is 0.234. The maximum atomic E-state index is 12.1. The standard InChI is InChI=1S/C12H16N4O3/c1-19-12(18)15-9-4-5-16(7-9)11(17)10-3-2-8(13)6-14-10/h2-3,6,9H,4-5,7,13H2,1H3,(H,15,18). The number of aromatic nitrogens is 1. The van der Waals surface area contributed by atoms with E-state index in [2.05, 4.69) is 15.0 Å². The van der Waals surface area contributed by atoms with Crippen LogP contribution in [0.5, 0.6) is 0 Å². The van der Waals surface area contributed by atoms with Gasteiger partial charge in [-0.25, -0.2) is 9.78 Å². The van der Waals surface area contributed by atoms with E-state index in [9.17, 15) is 9.59 Å². The highest BCUT2D eigenvalue weighted by Gasteiger charge is 2.28. The van der Waals surface area contributed by atoms with Crippen LogP contribution in [0.15, 0.2) is 18.3 Å². The van der Waals surface area contributed by atoms with Crippen LogP contribution >= 0.6 is 0 Å². The van der Waals surface area contributed by atoms with Crippen LogP contribution in [0.25, 0.3) is 0 Å². The maximum Gasteiger partial charge on any atom is 0.407 e. The first-order valence-electron chi connectivity index (χ1n) is 5.95. The van der Waals surface area contributed by atoms with Crippen molar-refractivity contribution < 1.29 is 14.3 Å². The lowest BCUT2D eigenvalue weighted by Gasteiger charge is -2.16. The minimum absolute atomic E-state index is 0.0785. The summed E-state index contributed by atoms with van der Waals surface area (Å²) in [5.74, 6) is -0.158. The number of pyridine rings is 1. The zero-order valence-corrected chi connectivity index (χ0v) is 10.6.